The summed E-state index contributed by atoms with van der Waals surface area (Å²) in [5, 5.41) is 3.54. The van der Waals surface area contributed by atoms with Crippen LogP contribution < -0.4 is 10.2 Å². The van der Waals surface area contributed by atoms with Crippen LogP contribution in [0.5, 0.6) is 0 Å². The van der Waals surface area contributed by atoms with Gasteiger partial charge in [0.25, 0.3) is 5.91 Å². The van der Waals surface area contributed by atoms with E-state index in [4.69, 9.17) is 14.7 Å². The number of nitrogens with zero attached hydrogens (tertiary/aromatic N) is 6. The number of rotatable bonds is 7. The molecule has 10 heteroatoms. The number of carbonyl (C=O) groups is 2. The van der Waals surface area contributed by atoms with Crippen LogP contribution >= 0.6 is 0 Å². The summed E-state index contributed by atoms with van der Waals surface area (Å²) < 4.78 is 5.19. The molecule has 4 aliphatic rings. The van der Waals surface area contributed by atoms with Gasteiger partial charge in [-0.3, -0.25) is 9.78 Å². The third-order valence-corrected chi connectivity index (χ3v) is 9.20. The number of hydrogen-bond acceptors (Lipinski definition) is 8. The monoisotopic (exact) mass is 635 g/mol. The topological polar surface area (TPSA) is 93.6 Å². The van der Waals surface area contributed by atoms with E-state index in [0.29, 0.717) is 25.3 Å². The first-order valence-corrected chi connectivity index (χ1v) is 16.6. The van der Waals surface area contributed by atoms with E-state index in [-0.39, 0.29) is 18.0 Å². The molecular formula is C37H45N7O3. The van der Waals surface area contributed by atoms with Gasteiger partial charge in [-0.25, -0.2) is 9.79 Å². The second-order valence-corrected chi connectivity index (χ2v) is 12.7. The molecule has 246 valence electrons. The third-order valence-electron chi connectivity index (χ3n) is 9.20. The van der Waals surface area contributed by atoms with E-state index < -0.39 is 0 Å². The second-order valence-electron chi connectivity index (χ2n) is 12.7. The Morgan fingerprint density at radius 2 is 1.87 bits per heavy atom. The molecule has 6 rings (SSSR count). The van der Waals surface area contributed by atoms with Crippen molar-refractivity contribution in [2.24, 2.45) is 4.99 Å². The second kappa shape index (κ2) is 13.9. The first-order chi connectivity index (χ1) is 22.7. The number of fused-ring (bicyclic) bond motifs is 1. The van der Waals surface area contributed by atoms with E-state index in [1.165, 1.54) is 5.57 Å². The van der Waals surface area contributed by atoms with Crippen LogP contribution in [0.1, 0.15) is 67.3 Å². The van der Waals surface area contributed by atoms with Gasteiger partial charge in [-0.05, 0) is 106 Å². The van der Waals surface area contributed by atoms with Gasteiger partial charge in [0.05, 0.1) is 18.3 Å². The lowest BCUT2D eigenvalue weighted by Crippen LogP contribution is -2.37. The molecule has 1 atom stereocenters. The molecule has 1 aromatic carbocycles. The maximum atomic E-state index is 13.8. The predicted octanol–water partition coefficient (Wildman–Crippen LogP) is 6.42. The van der Waals surface area contributed by atoms with Gasteiger partial charge in [-0.15, -0.1) is 0 Å². The van der Waals surface area contributed by atoms with E-state index in [2.05, 4.69) is 58.6 Å². The van der Waals surface area contributed by atoms with Gasteiger partial charge in [0.1, 0.15) is 11.7 Å². The highest BCUT2D eigenvalue weighted by molar-refractivity contribution is 6.05. The Morgan fingerprint density at radius 3 is 2.60 bits per heavy atom. The highest BCUT2D eigenvalue weighted by Crippen LogP contribution is 2.34. The van der Waals surface area contributed by atoms with Crippen LogP contribution in [0.4, 0.5) is 16.2 Å². The summed E-state index contributed by atoms with van der Waals surface area (Å²) >= 11 is 0. The van der Waals surface area contributed by atoms with E-state index in [1.54, 1.807) is 4.90 Å². The van der Waals surface area contributed by atoms with Gasteiger partial charge in [0.2, 0.25) is 0 Å². The third kappa shape index (κ3) is 6.96. The van der Waals surface area contributed by atoms with Crippen molar-refractivity contribution in [1.82, 2.24) is 19.7 Å². The molecule has 47 heavy (non-hydrogen) atoms. The standard InChI is InChI=1S/C37H45N7O3/c1-6-47-37(46)43-21-16-27(17-22-43)31-9-7-18-42-20-15-25(2)34(40-35(31)42)39-29-13-11-28(12-14-29)36(45)44-19-8-10-33(44)32-24-30(41(4)5)23-26(3)38-32/h7,9,11-14,16,18,23-24,33,39H,6,8,10,15,17,19-22H2,1-5H3. The van der Waals surface area contributed by atoms with Gasteiger partial charge in [-0.1, -0.05) is 6.08 Å². The number of hydrogen-bond donors (Lipinski definition) is 1. The molecule has 2 amide bonds. The fourth-order valence-electron chi connectivity index (χ4n) is 6.56. The number of anilines is 2. The van der Waals surface area contributed by atoms with Gasteiger partial charge >= 0.3 is 6.09 Å². The maximum Gasteiger partial charge on any atom is 0.410 e. The van der Waals surface area contributed by atoms with Crippen LogP contribution in [-0.4, -0.2) is 84.4 Å². The zero-order valence-electron chi connectivity index (χ0n) is 28.1. The molecule has 0 saturated carbocycles. The number of amides is 2. The quantitative estimate of drug-likeness (QED) is 0.375. The van der Waals surface area contributed by atoms with Crippen LogP contribution in [-0.2, 0) is 4.74 Å². The zero-order chi connectivity index (χ0) is 33.1. The van der Waals surface area contributed by atoms with Crippen molar-refractivity contribution in [3.05, 3.63) is 100 Å². The van der Waals surface area contributed by atoms with Crippen LogP contribution in [0.25, 0.3) is 0 Å². The molecule has 1 fully saturated rings. The first kappa shape index (κ1) is 32.1. The Bertz CT molecular complexity index is 1690. The van der Waals surface area contributed by atoms with Gasteiger partial charge in [0.15, 0.2) is 0 Å². The highest BCUT2D eigenvalue weighted by atomic mass is 16.6. The fourth-order valence-corrected chi connectivity index (χ4v) is 6.56. The summed E-state index contributed by atoms with van der Waals surface area (Å²) in [6.45, 7) is 8.99. The predicted molar refractivity (Wildman–Crippen MR) is 186 cm³/mol. The Hall–Kier alpha value is -4.86. The molecule has 0 aliphatic carbocycles. The van der Waals surface area contributed by atoms with E-state index in [0.717, 1.165) is 84.3 Å². The number of aryl methyl sites for hydroxylation is 1. The molecule has 0 radical (unpaired) electrons. The Labute approximate surface area is 277 Å². The van der Waals surface area contributed by atoms with E-state index >= 15 is 0 Å². The van der Waals surface area contributed by atoms with Crippen molar-refractivity contribution in [3.63, 3.8) is 0 Å². The van der Waals surface area contributed by atoms with E-state index in [1.807, 2.05) is 57.1 Å². The minimum absolute atomic E-state index is 0.0283. The number of nitrogens with one attached hydrogen (secondary N) is 1. The van der Waals surface area contributed by atoms with Gasteiger partial charge in [0, 0.05) is 74.7 Å². The molecule has 0 spiro atoms. The van der Waals surface area contributed by atoms with Crippen molar-refractivity contribution in [3.8, 4) is 0 Å². The molecule has 1 saturated heterocycles. The molecule has 1 aromatic heterocycles. The fraction of sp³-hybridized carbons (Fsp3) is 0.405. The van der Waals surface area contributed by atoms with Crippen molar-refractivity contribution in [2.75, 3.05) is 57.1 Å². The van der Waals surface area contributed by atoms with Gasteiger partial charge in [-0.2, -0.15) is 0 Å². The smallest absolute Gasteiger partial charge is 0.410 e. The van der Waals surface area contributed by atoms with Crippen LogP contribution in [0, 0.1) is 6.92 Å². The molecule has 1 N–H and O–H groups in total. The lowest BCUT2D eigenvalue weighted by molar-refractivity contribution is 0.0732. The summed E-state index contributed by atoms with van der Waals surface area (Å²) in [4.78, 5) is 43.9. The lowest BCUT2D eigenvalue weighted by atomic mass is 9.96. The van der Waals surface area contributed by atoms with Crippen molar-refractivity contribution in [1.29, 1.82) is 0 Å². The normalized spacial score (nSPS) is 19.5. The molecule has 1 unspecified atom stereocenters. The number of pyridine rings is 1. The number of aliphatic imine (C=N–C) groups is 1. The Morgan fingerprint density at radius 1 is 1.06 bits per heavy atom. The minimum Gasteiger partial charge on any atom is -0.450 e. The maximum absolute atomic E-state index is 13.8. The number of likely N-dealkylation sites (tertiary alicyclic amines) is 1. The summed E-state index contributed by atoms with van der Waals surface area (Å²) in [6, 6.07) is 11.9. The molecule has 4 aliphatic heterocycles. The summed E-state index contributed by atoms with van der Waals surface area (Å²) in [7, 11) is 4.05. The average Bonchev–Trinajstić information content (AvgIpc) is 3.51. The van der Waals surface area contributed by atoms with Crippen molar-refractivity contribution < 1.29 is 14.3 Å². The number of aromatic nitrogens is 1. The molecular weight excluding hydrogens is 590 g/mol. The minimum atomic E-state index is -0.270. The van der Waals surface area contributed by atoms with E-state index in [9.17, 15) is 9.59 Å². The van der Waals surface area contributed by atoms with Crippen molar-refractivity contribution in [2.45, 2.75) is 52.5 Å². The summed E-state index contributed by atoms with van der Waals surface area (Å²) in [5.74, 6) is 1.74. The largest absolute Gasteiger partial charge is 0.450 e. The number of benzene rings is 1. The number of allylic oxidation sites excluding steroid dienone is 2. The Kier molecular flexibility index (Phi) is 9.47. The molecule has 2 aromatic rings. The number of amidine groups is 1. The van der Waals surface area contributed by atoms with Crippen LogP contribution in [0.3, 0.4) is 0 Å². The number of ether oxygens (including phenoxy) is 1. The Balaban J connectivity index is 1.18. The SMILES string of the molecule is CCOC(=O)N1CC=C(C2=CC=CN3CCC(C)=C(Nc4ccc(C(=O)N5CCCC5c5cc(N(C)C)cc(C)n5)cc4)N=C23)CC1. The summed E-state index contributed by atoms with van der Waals surface area (Å²) in [6.07, 6.45) is 11.6. The zero-order valence-corrected chi connectivity index (χ0v) is 28.1. The van der Waals surface area contributed by atoms with Gasteiger partial charge < -0.3 is 29.7 Å². The highest BCUT2D eigenvalue weighted by Gasteiger charge is 2.32. The number of carbonyl (C=O) groups excluding carboxylic acids is 2. The molecule has 0 bridgehead atoms. The summed E-state index contributed by atoms with van der Waals surface area (Å²) in [5.41, 5.74) is 7.96. The van der Waals surface area contributed by atoms with Crippen LogP contribution in [0.15, 0.2) is 88.4 Å². The molecule has 5 heterocycles. The van der Waals surface area contributed by atoms with Crippen molar-refractivity contribution >= 4 is 29.2 Å². The lowest BCUT2D eigenvalue weighted by Gasteiger charge is -2.30. The first-order valence-electron chi connectivity index (χ1n) is 16.6. The molecule has 10 nitrogen and oxygen atoms in total. The van der Waals surface area contributed by atoms with Crippen LogP contribution in [0.2, 0.25) is 0 Å². The average molecular weight is 636 g/mol.